The molecule has 6 heteroatoms. The Kier molecular flexibility index (Phi) is 5.42. The van der Waals surface area contributed by atoms with E-state index in [2.05, 4.69) is 5.32 Å². The molecule has 2 aromatic carbocycles. The second kappa shape index (κ2) is 7.70. The van der Waals surface area contributed by atoms with E-state index in [0.29, 0.717) is 5.56 Å². The minimum absolute atomic E-state index is 0.0483. The van der Waals surface area contributed by atoms with Crippen molar-refractivity contribution in [2.45, 2.75) is 13.0 Å². The lowest BCUT2D eigenvalue weighted by atomic mass is 10.1. The molecular weight excluding hydrogens is 306 g/mol. The van der Waals surface area contributed by atoms with Crippen LogP contribution in [0.1, 0.15) is 24.1 Å². The van der Waals surface area contributed by atoms with Gasteiger partial charge in [-0.05, 0) is 36.3 Å². The van der Waals surface area contributed by atoms with Crippen LogP contribution in [-0.2, 0) is 4.79 Å². The Balaban J connectivity index is 2.13. The molecule has 2 rings (SSSR count). The number of hydrogen-bond donors (Lipinski definition) is 1. The van der Waals surface area contributed by atoms with Crippen LogP contribution in [0.4, 0.5) is 5.69 Å². The number of nitrogens with one attached hydrogen (secondary N) is 1. The fourth-order valence-electron chi connectivity index (χ4n) is 2.11. The van der Waals surface area contributed by atoms with E-state index < -0.39 is 10.8 Å². The smallest absolute Gasteiger partial charge is 0.269 e. The molecule has 0 fully saturated rings. The van der Waals surface area contributed by atoms with E-state index in [1.165, 1.54) is 30.3 Å². The number of carbonyl (C=O) groups excluding carboxylic acids is 1. The van der Waals surface area contributed by atoms with Crippen LogP contribution >= 0.6 is 0 Å². The molecule has 0 aliphatic heterocycles. The van der Waals surface area contributed by atoms with Crippen molar-refractivity contribution in [2.75, 3.05) is 0 Å². The largest absolute Gasteiger partial charge is 0.345 e. The van der Waals surface area contributed by atoms with Crippen LogP contribution in [-0.4, -0.2) is 10.8 Å². The highest BCUT2D eigenvalue weighted by Gasteiger charge is 2.14. The summed E-state index contributed by atoms with van der Waals surface area (Å²) in [7, 11) is 0. The number of non-ortho nitro benzene ring substituents is 1. The van der Waals surface area contributed by atoms with Crippen molar-refractivity contribution in [3.63, 3.8) is 0 Å². The van der Waals surface area contributed by atoms with Gasteiger partial charge in [0.1, 0.15) is 11.6 Å². The molecule has 0 saturated heterocycles. The number of nitriles is 1. The van der Waals surface area contributed by atoms with Gasteiger partial charge in [0.15, 0.2) is 0 Å². The van der Waals surface area contributed by atoms with E-state index in [1.807, 2.05) is 43.3 Å². The number of benzene rings is 2. The molecule has 1 N–H and O–H groups in total. The fraction of sp³-hybridized carbons (Fsp3) is 0.111. The van der Waals surface area contributed by atoms with Crippen molar-refractivity contribution >= 4 is 17.7 Å². The van der Waals surface area contributed by atoms with Gasteiger partial charge in [0.05, 0.1) is 11.0 Å². The Morgan fingerprint density at radius 1 is 1.21 bits per heavy atom. The first-order valence-corrected chi connectivity index (χ1v) is 7.23. The van der Waals surface area contributed by atoms with Gasteiger partial charge >= 0.3 is 0 Å². The van der Waals surface area contributed by atoms with Crippen LogP contribution in [0.3, 0.4) is 0 Å². The van der Waals surface area contributed by atoms with Crippen molar-refractivity contribution in [3.8, 4) is 6.07 Å². The summed E-state index contributed by atoms with van der Waals surface area (Å²) in [6, 6.07) is 16.6. The Labute approximate surface area is 139 Å². The molecule has 120 valence electrons. The summed E-state index contributed by atoms with van der Waals surface area (Å²) in [5, 5.41) is 22.6. The average molecular weight is 321 g/mol. The first-order valence-electron chi connectivity index (χ1n) is 7.23. The second-order valence-electron chi connectivity index (χ2n) is 5.12. The molecule has 1 atom stereocenters. The van der Waals surface area contributed by atoms with Crippen molar-refractivity contribution in [3.05, 3.63) is 81.4 Å². The Hall–Kier alpha value is -3.46. The lowest BCUT2D eigenvalue weighted by Crippen LogP contribution is -2.27. The molecule has 0 spiro atoms. The first kappa shape index (κ1) is 16.9. The van der Waals surface area contributed by atoms with Gasteiger partial charge in [0, 0.05) is 12.1 Å². The van der Waals surface area contributed by atoms with Gasteiger partial charge in [-0.1, -0.05) is 30.3 Å². The summed E-state index contributed by atoms with van der Waals surface area (Å²) in [6.45, 7) is 1.83. The van der Waals surface area contributed by atoms with E-state index in [9.17, 15) is 20.2 Å². The third-order valence-electron chi connectivity index (χ3n) is 3.43. The van der Waals surface area contributed by atoms with Crippen LogP contribution in [0, 0.1) is 21.4 Å². The van der Waals surface area contributed by atoms with Gasteiger partial charge < -0.3 is 5.32 Å². The number of amides is 1. The van der Waals surface area contributed by atoms with Gasteiger partial charge in [0.25, 0.3) is 11.6 Å². The number of carbonyl (C=O) groups is 1. The molecule has 2 aromatic rings. The van der Waals surface area contributed by atoms with Crippen LogP contribution in [0.5, 0.6) is 0 Å². The molecule has 0 heterocycles. The molecule has 0 bridgehead atoms. The predicted molar refractivity (Wildman–Crippen MR) is 89.7 cm³/mol. The number of nitrogens with zero attached hydrogens (tertiary/aromatic N) is 2. The topological polar surface area (TPSA) is 96.0 Å². The normalized spacial score (nSPS) is 12.1. The zero-order valence-corrected chi connectivity index (χ0v) is 13.0. The fourth-order valence-corrected chi connectivity index (χ4v) is 2.11. The Bertz CT molecular complexity index is 806. The number of rotatable bonds is 5. The van der Waals surface area contributed by atoms with Gasteiger partial charge in [0.2, 0.25) is 0 Å². The highest BCUT2D eigenvalue weighted by molar-refractivity contribution is 6.01. The highest BCUT2D eigenvalue weighted by atomic mass is 16.6. The molecule has 0 aliphatic rings. The van der Waals surface area contributed by atoms with Crippen molar-refractivity contribution in [1.82, 2.24) is 5.32 Å². The van der Waals surface area contributed by atoms with E-state index in [0.717, 1.165) is 5.56 Å². The zero-order chi connectivity index (χ0) is 17.5. The van der Waals surface area contributed by atoms with Crippen molar-refractivity contribution in [2.24, 2.45) is 0 Å². The number of nitro benzene ring substituents is 1. The molecule has 0 aromatic heterocycles. The van der Waals surface area contributed by atoms with Gasteiger partial charge in [-0.25, -0.2) is 0 Å². The molecule has 0 saturated carbocycles. The molecule has 1 amide bonds. The molecule has 0 unspecified atom stereocenters. The lowest BCUT2D eigenvalue weighted by molar-refractivity contribution is -0.384. The highest BCUT2D eigenvalue weighted by Crippen LogP contribution is 2.16. The Morgan fingerprint density at radius 3 is 2.38 bits per heavy atom. The number of hydrogen-bond acceptors (Lipinski definition) is 4. The molecule has 6 nitrogen and oxygen atoms in total. The maximum atomic E-state index is 12.2. The standard InChI is InChI=1S/C18H15N3O3/c1-13(15-5-3-2-4-6-15)20-18(22)16(12-19)11-14-7-9-17(10-8-14)21(23)24/h2-11,13H,1H3,(H,20,22)/b16-11+/t13-/m0/s1. The monoisotopic (exact) mass is 321 g/mol. The predicted octanol–water partition coefficient (Wildman–Crippen LogP) is 3.38. The van der Waals surface area contributed by atoms with E-state index >= 15 is 0 Å². The lowest BCUT2D eigenvalue weighted by Gasteiger charge is -2.13. The van der Waals surface area contributed by atoms with E-state index in [4.69, 9.17) is 0 Å². The SMILES string of the molecule is C[C@H](NC(=O)/C(C#N)=C/c1ccc([N+](=O)[O-])cc1)c1ccccc1. The molecule has 24 heavy (non-hydrogen) atoms. The summed E-state index contributed by atoms with van der Waals surface area (Å²) >= 11 is 0. The summed E-state index contributed by atoms with van der Waals surface area (Å²) in [4.78, 5) is 22.3. The molecular formula is C18H15N3O3. The minimum Gasteiger partial charge on any atom is -0.345 e. The third kappa shape index (κ3) is 4.27. The summed E-state index contributed by atoms with van der Waals surface area (Å²) in [5.41, 5.74) is 1.36. The average Bonchev–Trinajstić information content (AvgIpc) is 2.60. The van der Waals surface area contributed by atoms with Crippen LogP contribution in [0.25, 0.3) is 6.08 Å². The number of nitro groups is 1. The molecule has 0 aliphatic carbocycles. The maximum Gasteiger partial charge on any atom is 0.269 e. The van der Waals surface area contributed by atoms with E-state index in [-0.39, 0.29) is 17.3 Å². The van der Waals surface area contributed by atoms with Crippen molar-refractivity contribution < 1.29 is 9.72 Å². The van der Waals surface area contributed by atoms with Crippen LogP contribution in [0.15, 0.2) is 60.2 Å². The third-order valence-corrected chi connectivity index (χ3v) is 3.43. The minimum atomic E-state index is -0.507. The van der Waals surface area contributed by atoms with Gasteiger partial charge in [-0.3, -0.25) is 14.9 Å². The molecule has 0 radical (unpaired) electrons. The van der Waals surface area contributed by atoms with Crippen LogP contribution < -0.4 is 5.32 Å². The summed E-state index contributed by atoms with van der Waals surface area (Å²) < 4.78 is 0. The van der Waals surface area contributed by atoms with E-state index in [1.54, 1.807) is 0 Å². The maximum absolute atomic E-state index is 12.2. The first-order chi connectivity index (χ1) is 11.5. The second-order valence-corrected chi connectivity index (χ2v) is 5.12. The summed E-state index contributed by atoms with van der Waals surface area (Å²) in [6.07, 6.45) is 1.40. The van der Waals surface area contributed by atoms with Crippen molar-refractivity contribution in [1.29, 1.82) is 5.26 Å². The zero-order valence-electron chi connectivity index (χ0n) is 13.0. The quantitative estimate of drug-likeness (QED) is 0.395. The van der Waals surface area contributed by atoms with Crippen LogP contribution in [0.2, 0.25) is 0 Å². The summed E-state index contributed by atoms with van der Waals surface area (Å²) in [5.74, 6) is -0.493. The van der Waals surface area contributed by atoms with Gasteiger partial charge in [-0.2, -0.15) is 5.26 Å². The van der Waals surface area contributed by atoms with Gasteiger partial charge in [-0.15, -0.1) is 0 Å². The Morgan fingerprint density at radius 2 is 1.83 bits per heavy atom.